The van der Waals surface area contributed by atoms with Crippen molar-refractivity contribution in [2.45, 2.75) is 62.4 Å². The average molecular weight is 257 g/mol. The first-order valence-electron chi connectivity index (χ1n) is 6.89. The molecule has 0 bridgehead atoms. The van der Waals surface area contributed by atoms with Crippen molar-refractivity contribution in [3.05, 3.63) is 0 Å². The molecular formula is C13H23NO2S. The Bertz CT molecular complexity index is 257. The van der Waals surface area contributed by atoms with Gasteiger partial charge in [0.1, 0.15) is 0 Å². The summed E-state index contributed by atoms with van der Waals surface area (Å²) in [5.41, 5.74) is 5.96. The lowest BCUT2D eigenvalue weighted by molar-refractivity contribution is -0.162. The molecule has 3 nitrogen and oxygen atoms in total. The van der Waals surface area contributed by atoms with Gasteiger partial charge in [0.2, 0.25) is 0 Å². The van der Waals surface area contributed by atoms with Crippen LogP contribution in [0.2, 0.25) is 0 Å². The molecule has 1 aliphatic carbocycles. The average Bonchev–Trinajstić information content (AvgIpc) is 2.28. The smallest absolute Gasteiger partial charge is 0.0723 e. The molecule has 2 N–H and O–H groups in total. The molecule has 3 rings (SSSR count). The number of rotatable bonds is 2. The molecule has 3 aliphatic rings. The van der Waals surface area contributed by atoms with E-state index in [9.17, 15) is 0 Å². The maximum Gasteiger partial charge on any atom is 0.0723 e. The third kappa shape index (κ3) is 2.80. The first-order chi connectivity index (χ1) is 8.26. The van der Waals surface area contributed by atoms with E-state index >= 15 is 0 Å². The lowest BCUT2D eigenvalue weighted by atomic mass is 9.85. The third-order valence-electron chi connectivity index (χ3n) is 4.37. The van der Waals surface area contributed by atoms with Crippen molar-refractivity contribution >= 4 is 11.8 Å². The maximum absolute atomic E-state index is 6.16. The van der Waals surface area contributed by atoms with Crippen LogP contribution in [0.3, 0.4) is 0 Å². The van der Waals surface area contributed by atoms with Crippen LogP contribution < -0.4 is 5.73 Å². The van der Waals surface area contributed by atoms with Gasteiger partial charge in [-0.1, -0.05) is 0 Å². The standard InChI is InChI=1S/C13H23NO2S/c14-10-7-12(8-10)16-11-1-4-15-13(9-11)2-5-17-6-3-13/h10-12H,1-9,14H2. The van der Waals surface area contributed by atoms with Gasteiger partial charge in [-0.2, -0.15) is 11.8 Å². The minimum absolute atomic E-state index is 0.153. The van der Waals surface area contributed by atoms with Gasteiger partial charge in [0, 0.05) is 19.1 Å². The summed E-state index contributed by atoms with van der Waals surface area (Å²) in [4.78, 5) is 0. The van der Waals surface area contributed by atoms with Gasteiger partial charge >= 0.3 is 0 Å². The molecule has 0 aromatic rings. The molecule has 4 heteroatoms. The van der Waals surface area contributed by atoms with Gasteiger partial charge in [-0.3, -0.25) is 0 Å². The molecular weight excluding hydrogens is 234 g/mol. The molecule has 0 radical (unpaired) electrons. The van der Waals surface area contributed by atoms with Crippen LogP contribution in [0.15, 0.2) is 0 Å². The second-order valence-electron chi connectivity index (χ2n) is 5.75. The maximum atomic E-state index is 6.16. The summed E-state index contributed by atoms with van der Waals surface area (Å²) in [6.45, 7) is 0.883. The Morgan fingerprint density at radius 1 is 1.18 bits per heavy atom. The summed E-state index contributed by atoms with van der Waals surface area (Å²) in [6, 6.07) is 0.389. The Kier molecular flexibility index (Phi) is 3.67. The summed E-state index contributed by atoms with van der Waals surface area (Å²) < 4.78 is 12.2. The largest absolute Gasteiger partial charge is 0.375 e. The number of thioether (sulfide) groups is 1. The van der Waals surface area contributed by atoms with Crippen LogP contribution >= 0.6 is 11.8 Å². The molecule has 17 heavy (non-hydrogen) atoms. The Morgan fingerprint density at radius 2 is 1.94 bits per heavy atom. The van der Waals surface area contributed by atoms with Crippen LogP contribution in [0.5, 0.6) is 0 Å². The van der Waals surface area contributed by atoms with Crippen LogP contribution in [0.1, 0.15) is 38.5 Å². The highest BCUT2D eigenvalue weighted by Gasteiger charge is 2.40. The van der Waals surface area contributed by atoms with Crippen LogP contribution in [-0.4, -0.2) is 42.0 Å². The highest BCUT2D eigenvalue weighted by Crippen LogP contribution is 2.39. The topological polar surface area (TPSA) is 44.5 Å². The van der Waals surface area contributed by atoms with E-state index in [-0.39, 0.29) is 5.60 Å². The predicted molar refractivity (Wildman–Crippen MR) is 70.3 cm³/mol. The van der Waals surface area contributed by atoms with Crippen molar-refractivity contribution in [2.75, 3.05) is 18.1 Å². The van der Waals surface area contributed by atoms with Crippen LogP contribution in [0.4, 0.5) is 0 Å². The van der Waals surface area contributed by atoms with E-state index in [2.05, 4.69) is 11.8 Å². The minimum Gasteiger partial charge on any atom is -0.375 e. The second kappa shape index (κ2) is 5.08. The van der Waals surface area contributed by atoms with E-state index in [1.807, 2.05) is 0 Å². The summed E-state index contributed by atoms with van der Waals surface area (Å²) >= 11 is 2.06. The van der Waals surface area contributed by atoms with E-state index in [0.717, 1.165) is 32.3 Å². The number of hydrogen-bond acceptors (Lipinski definition) is 4. The highest BCUT2D eigenvalue weighted by molar-refractivity contribution is 7.99. The zero-order valence-electron chi connectivity index (χ0n) is 10.4. The van der Waals surface area contributed by atoms with Crippen molar-refractivity contribution in [1.82, 2.24) is 0 Å². The third-order valence-corrected chi connectivity index (χ3v) is 5.35. The monoisotopic (exact) mass is 257 g/mol. The highest BCUT2D eigenvalue weighted by atomic mass is 32.2. The van der Waals surface area contributed by atoms with Gasteiger partial charge in [0.25, 0.3) is 0 Å². The van der Waals surface area contributed by atoms with E-state index in [4.69, 9.17) is 15.2 Å². The molecule has 2 heterocycles. The van der Waals surface area contributed by atoms with Gasteiger partial charge in [-0.15, -0.1) is 0 Å². The molecule has 0 amide bonds. The molecule has 1 atom stereocenters. The van der Waals surface area contributed by atoms with E-state index in [1.165, 1.54) is 24.3 Å². The Hall–Kier alpha value is 0.230. The summed E-state index contributed by atoms with van der Waals surface area (Å²) in [5.74, 6) is 2.50. The number of hydrogen-bond donors (Lipinski definition) is 1. The van der Waals surface area contributed by atoms with Crippen LogP contribution in [0.25, 0.3) is 0 Å². The normalized spacial score (nSPS) is 41.1. The van der Waals surface area contributed by atoms with Gasteiger partial charge in [-0.25, -0.2) is 0 Å². The molecule has 2 saturated heterocycles. The van der Waals surface area contributed by atoms with E-state index in [1.54, 1.807) is 0 Å². The van der Waals surface area contributed by atoms with Crippen LogP contribution in [-0.2, 0) is 9.47 Å². The van der Waals surface area contributed by atoms with Gasteiger partial charge < -0.3 is 15.2 Å². The summed E-state index contributed by atoms with van der Waals surface area (Å²) in [6.07, 6.45) is 7.57. The quantitative estimate of drug-likeness (QED) is 0.821. The molecule has 0 aromatic carbocycles. The fourth-order valence-electron chi connectivity index (χ4n) is 3.18. The van der Waals surface area contributed by atoms with Crippen LogP contribution in [0, 0.1) is 0 Å². The molecule has 2 aliphatic heterocycles. The number of ether oxygens (including phenoxy) is 2. The van der Waals surface area contributed by atoms with Crippen molar-refractivity contribution in [2.24, 2.45) is 5.73 Å². The van der Waals surface area contributed by atoms with Gasteiger partial charge in [-0.05, 0) is 43.6 Å². The zero-order chi connectivity index (χ0) is 11.7. The van der Waals surface area contributed by atoms with Gasteiger partial charge in [0.15, 0.2) is 0 Å². The first kappa shape index (κ1) is 12.3. The Balaban J connectivity index is 1.52. The second-order valence-corrected chi connectivity index (χ2v) is 6.97. The lowest BCUT2D eigenvalue weighted by Gasteiger charge is -2.45. The molecule has 1 saturated carbocycles. The Morgan fingerprint density at radius 3 is 2.65 bits per heavy atom. The van der Waals surface area contributed by atoms with Gasteiger partial charge in [0.05, 0.1) is 17.8 Å². The SMILES string of the molecule is NC1CC(OC2CCOC3(CCSCC3)C2)C1. The molecule has 3 fully saturated rings. The Labute approximate surface area is 108 Å². The summed E-state index contributed by atoms with van der Waals surface area (Å²) in [5, 5.41) is 0. The number of nitrogens with two attached hydrogens (primary N) is 1. The fourth-order valence-corrected chi connectivity index (χ4v) is 4.42. The van der Waals surface area contributed by atoms with Crippen molar-refractivity contribution < 1.29 is 9.47 Å². The lowest BCUT2D eigenvalue weighted by Crippen LogP contribution is -2.49. The summed E-state index contributed by atoms with van der Waals surface area (Å²) in [7, 11) is 0. The molecule has 0 aromatic heterocycles. The predicted octanol–water partition coefficient (Wildman–Crippen LogP) is 1.94. The molecule has 1 unspecified atom stereocenters. The molecule has 1 spiro atoms. The van der Waals surface area contributed by atoms with Crippen molar-refractivity contribution in [3.8, 4) is 0 Å². The first-order valence-corrected chi connectivity index (χ1v) is 8.04. The minimum atomic E-state index is 0.153. The molecule has 98 valence electrons. The van der Waals surface area contributed by atoms with E-state index in [0.29, 0.717) is 18.2 Å². The zero-order valence-corrected chi connectivity index (χ0v) is 11.2. The van der Waals surface area contributed by atoms with Crippen molar-refractivity contribution in [1.29, 1.82) is 0 Å². The van der Waals surface area contributed by atoms with Crippen molar-refractivity contribution in [3.63, 3.8) is 0 Å². The fraction of sp³-hybridized carbons (Fsp3) is 1.00. The van der Waals surface area contributed by atoms with E-state index < -0.39 is 0 Å².